The van der Waals surface area contributed by atoms with Crippen LogP contribution in [0.5, 0.6) is 0 Å². The number of benzene rings is 3. The zero-order valence-corrected chi connectivity index (χ0v) is 17.2. The second-order valence-corrected chi connectivity index (χ2v) is 7.30. The number of hydrogen-bond donors (Lipinski definition) is 1. The van der Waals surface area contributed by atoms with E-state index in [9.17, 15) is 9.59 Å². The molecule has 5 heteroatoms. The smallest absolute Gasteiger partial charge is 0.238 e. The normalized spacial score (nSPS) is 10.9. The first kappa shape index (κ1) is 20.6. The van der Waals surface area contributed by atoms with E-state index >= 15 is 0 Å². The van der Waals surface area contributed by atoms with Crippen molar-refractivity contribution < 1.29 is 9.59 Å². The third kappa shape index (κ3) is 5.21. The van der Waals surface area contributed by atoms with E-state index in [-0.39, 0.29) is 18.4 Å². The van der Waals surface area contributed by atoms with Crippen LogP contribution >= 0.6 is 0 Å². The molecule has 0 aliphatic rings. The highest BCUT2D eigenvalue weighted by Gasteiger charge is 2.15. The molecule has 3 aromatic carbocycles. The number of nitrogens with one attached hydrogen (secondary N) is 1. The van der Waals surface area contributed by atoms with Crippen molar-refractivity contribution in [3.63, 3.8) is 0 Å². The highest BCUT2D eigenvalue weighted by Crippen LogP contribution is 2.26. The molecular formula is C24H27N3O2. The van der Waals surface area contributed by atoms with Gasteiger partial charge in [-0.05, 0) is 37.1 Å². The van der Waals surface area contributed by atoms with Crippen molar-refractivity contribution in [2.75, 3.05) is 37.4 Å². The van der Waals surface area contributed by atoms with Gasteiger partial charge in [0, 0.05) is 31.1 Å². The molecule has 0 spiro atoms. The van der Waals surface area contributed by atoms with Gasteiger partial charge in [0.15, 0.2) is 0 Å². The van der Waals surface area contributed by atoms with Crippen molar-refractivity contribution >= 4 is 34.0 Å². The largest absolute Gasteiger partial charge is 0.325 e. The van der Waals surface area contributed by atoms with Crippen LogP contribution < -0.4 is 10.2 Å². The lowest BCUT2D eigenvalue weighted by atomic mass is 10.1. The molecule has 0 heterocycles. The van der Waals surface area contributed by atoms with Gasteiger partial charge in [0.2, 0.25) is 11.8 Å². The standard InChI is InChI=1S/C24H27N3O2/c1-18-9-4-7-13-21(18)25-23(28)17-26(2)16-15-24(29)27(3)22-14-8-11-19-10-5-6-12-20(19)22/h4-14H,15-17H2,1-3H3,(H,25,28). The van der Waals surface area contributed by atoms with Gasteiger partial charge in [0.05, 0.1) is 12.2 Å². The Balaban J connectivity index is 1.54. The van der Waals surface area contributed by atoms with Gasteiger partial charge in [-0.25, -0.2) is 0 Å². The van der Waals surface area contributed by atoms with Gasteiger partial charge < -0.3 is 10.2 Å². The molecule has 5 nitrogen and oxygen atoms in total. The fourth-order valence-electron chi connectivity index (χ4n) is 3.32. The summed E-state index contributed by atoms with van der Waals surface area (Å²) in [5.41, 5.74) is 2.74. The topological polar surface area (TPSA) is 52.7 Å². The van der Waals surface area contributed by atoms with Crippen LogP contribution in [-0.4, -0.2) is 43.9 Å². The molecular weight excluding hydrogens is 362 g/mol. The predicted octanol–water partition coefficient (Wildman–Crippen LogP) is 4.07. The number of anilines is 2. The Hall–Kier alpha value is -3.18. The molecule has 3 aromatic rings. The molecule has 0 atom stereocenters. The summed E-state index contributed by atoms with van der Waals surface area (Å²) in [6, 6.07) is 21.7. The van der Waals surface area contributed by atoms with E-state index < -0.39 is 0 Å². The van der Waals surface area contributed by atoms with Gasteiger partial charge in [-0.2, -0.15) is 0 Å². The Morgan fingerprint density at radius 3 is 2.38 bits per heavy atom. The lowest BCUT2D eigenvalue weighted by Crippen LogP contribution is -2.34. The minimum atomic E-state index is -0.0864. The van der Waals surface area contributed by atoms with Gasteiger partial charge in [0.25, 0.3) is 0 Å². The van der Waals surface area contributed by atoms with Crippen LogP contribution in [0, 0.1) is 6.92 Å². The van der Waals surface area contributed by atoms with Crippen molar-refractivity contribution in [2.24, 2.45) is 0 Å². The SMILES string of the molecule is Cc1ccccc1NC(=O)CN(C)CCC(=O)N(C)c1cccc2ccccc12. The van der Waals surface area contributed by atoms with E-state index in [4.69, 9.17) is 0 Å². The molecule has 0 unspecified atom stereocenters. The number of fused-ring (bicyclic) bond motifs is 1. The molecule has 150 valence electrons. The van der Waals surface area contributed by atoms with Gasteiger partial charge >= 0.3 is 0 Å². The Morgan fingerprint density at radius 1 is 0.897 bits per heavy atom. The van der Waals surface area contributed by atoms with Crippen LogP contribution in [0.1, 0.15) is 12.0 Å². The second-order valence-electron chi connectivity index (χ2n) is 7.30. The lowest BCUT2D eigenvalue weighted by Gasteiger charge is -2.21. The molecule has 0 bridgehead atoms. The third-order valence-corrected chi connectivity index (χ3v) is 5.04. The van der Waals surface area contributed by atoms with E-state index in [0.717, 1.165) is 27.7 Å². The van der Waals surface area contributed by atoms with Crippen LogP contribution in [-0.2, 0) is 9.59 Å². The number of amides is 2. The Morgan fingerprint density at radius 2 is 1.59 bits per heavy atom. The number of hydrogen-bond acceptors (Lipinski definition) is 3. The Bertz CT molecular complexity index is 1010. The van der Waals surface area contributed by atoms with Crippen molar-refractivity contribution in [1.29, 1.82) is 0 Å². The molecule has 0 fully saturated rings. The fraction of sp³-hybridized carbons (Fsp3) is 0.250. The molecule has 0 aliphatic heterocycles. The van der Waals surface area contributed by atoms with E-state index in [1.807, 2.05) is 85.6 Å². The number of aryl methyl sites for hydroxylation is 1. The van der Waals surface area contributed by atoms with Crippen LogP contribution in [0.15, 0.2) is 66.7 Å². The molecule has 29 heavy (non-hydrogen) atoms. The van der Waals surface area contributed by atoms with E-state index in [2.05, 4.69) is 5.32 Å². The zero-order valence-electron chi connectivity index (χ0n) is 17.2. The average Bonchev–Trinajstić information content (AvgIpc) is 2.72. The number of rotatable bonds is 7. The van der Waals surface area contributed by atoms with Crippen molar-refractivity contribution in [2.45, 2.75) is 13.3 Å². The van der Waals surface area contributed by atoms with E-state index in [1.54, 1.807) is 11.9 Å². The van der Waals surface area contributed by atoms with Crippen LogP contribution in [0.4, 0.5) is 11.4 Å². The van der Waals surface area contributed by atoms with Crippen molar-refractivity contribution in [3.05, 3.63) is 72.3 Å². The van der Waals surface area contributed by atoms with Crippen LogP contribution in [0.2, 0.25) is 0 Å². The van der Waals surface area contributed by atoms with Gasteiger partial charge in [-0.15, -0.1) is 0 Å². The quantitative estimate of drug-likeness (QED) is 0.663. The third-order valence-electron chi connectivity index (χ3n) is 5.04. The number of likely N-dealkylation sites (N-methyl/N-ethyl adjacent to an activating group) is 1. The number of nitrogens with zero attached hydrogens (tertiary/aromatic N) is 2. The first-order chi connectivity index (χ1) is 14.0. The summed E-state index contributed by atoms with van der Waals surface area (Å²) >= 11 is 0. The fourth-order valence-corrected chi connectivity index (χ4v) is 3.32. The summed E-state index contributed by atoms with van der Waals surface area (Å²) in [6.07, 6.45) is 0.341. The maximum Gasteiger partial charge on any atom is 0.238 e. The van der Waals surface area contributed by atoms with Crippen LogP contribution in [0.3, 0.4) is 0 Å². The van der Waals surface area contributed by atoms with Gasteiger partial charge in [-0.3, -0.25) is 14.5 Å². The molecule has 0 saturated carbocycles. The Kier molecular flexibility index (Phi) is 6.62. The summed E-state index contributed by atoms with van der Waals surface area (Å²) in [5, 5.41) is 5.08. The minimum absolute atomic E-state index is 0.0208. The monoisotopic (exact) mass is 389 g/mol. The molecule has 0 aliphatic carbocycles. The maximum atomic E-state index is 12.7. The summed E-state index contributed by atoms with van der Waals surface area (Å²) in [5.74, 6) is -0.0656. The summed E-state index contributed by atoms with van der Waals surface area (Å²) < 4.78 is 0. The summed E-state index contributed by atoms with van der Waals surface area (Å²) in [7, 11) is 3.65. The summed E-state index contributed by atoms with van der Waals surface area (Å²) in [4.78, 5) is 28.5. The maximum absolute atomic E-state index is 12.7. The first-order valence-electron chi connectivity index (χ1n) is 9.74. The first-order valence-corrected chi connectivity index (χ1v) is 9.74. The molecule has 0 aromatic heterocycles. The highest BCUT2D eigenvalue weighted by atomic mass is 16.2. The second kappa shape index (κ2) is 9.34. The number of para-hydroxylation sites is 1. The van der Waals surface area contributed by atoms with E-state index in [1.165, 1.54) is 0 Å². The Labute approximate surface area is 171 Å². The molecule has 3 rings (SSSR count). The molecule has 2 amide bonds. The molecule has 0 radical (unpaired) electrons. The number of carbonyl (C=O) groups excluding carboxylic acids is 2. The zero-order chi connectivity index (χ0) is 20.8. The average molecular weight is 389 g/mol. The van der Waals surface area contributed by atoms with Gasteiger partial charge in [0.1, 0.15) is 0 Å². The van der Waals surface area contributed by atoms with Crippen molar-refractivity contribution in [3.8, 4) is 0 Å². The number of carbonyl (C=O) groups is 2. The molecule has 0 saturated heterocycles. The van der Waals surface area contributed by atoms with Crippen LogP contribution in [0.25, 0.3) is 10.8 Å². The highest BCUT2D eigenvalue weighted by molar-refractivity contribution is 6.03. The van der Waals surface area contributed by atoms with E-state index in [0.29, 0.717) is 13.0 Å². The van der Waals surface area contributed by atoms with Gasteiger partial charge in [-0.1, -0.05) is 54.6 Å². The minimum Gasteiger partial charge on any atom is -0.325 e. The summed E-state index contributed by atoms with van der Waals surface area (Å²) in [6.45, 7) is 2.70. The predicted molar refractivity (Wildman–Crippen MR) is 119 cm³/mol. The molecule has 1 N–H and O–H groups in total. The lowest BCUT2D eigenvalue weighted by molar-refractivity contribution is -0.120. The van der Waals surface area contributed by atoms with Crippen molar-refractivity contribution in [1.82, 2.24) is 4.90 Å².